The Hall–Kier alpha value is -3.79. The van der Waals surface area contributed by atoms with E-state index in [4.69, 9.17) is 10.5 Å². The van der Waals surface area contributed by atoms with Crippen molar-refractivity contribution in [1.82, 2.24) is 9.66 Å². The molecule has 0 bridgehead atoms. The van der Waals surface area contributed by atoms with E-state index < -0.39 is 17.7 Å². The predicted molar refractivity (Wildman–Crippen MR) is 100 cm³/mol. The minimum Gasteiger partial charge on any atom is -0.497 e. The van der Waals surface area contributed by atoms with E-state index in [-0.39, 0.29) is 5.95 Å². The van der Waals surface area contributed by atoms with E-state index >= 15 is 0 Å². The summed E-state index contributed by atoms with van der Waals surface area (Å²) in [5, 5.41) is 9.69. The van der Waals surface area contributed by atoms with Gasteiger partial charge in [0, 0.05) is 5.56 Å². The van der Waals surface area contributed by atoms with E-state index in [0.29, 0.717) is 17.1 Å². The molecule has 4 rings (SSSR count). The second kappa shape index (κ2) is 6.50. The van der Waals surface area contributed by atoms with Gasteiger partial charge in [-0.15, -0.1) is 0 Å². The van der Waals surface area contributed by atoms with Gasteiger partial charge < -0.3 is 10.5 Å². The van der Waals surface area contributed by atoms with Gasteiger partial charge in [0.2, 0.25) is 5.95 Å². The Labute approximate surface area is 156 Å². The number of nitrogens with one attached hydrogen (secondary N) is 1. The first-order valence-corrected chi connectivity index (χ1v) is 8.42. The number of carbonyl (C=O) groups excluding carboxylic acids is 1. The van der Waals surface area contributed by atoms with E-state index in [0.717, 1.165) is 11.1 Å². The Morgan fingerprint density at radius 2 is 1.89 bits per heavy atom. The number of rotatable bonds is 3. The summed E-state index contributed by atoms with van der Waals surface area (Å²) in [5.41, 5.74) is 11.8. The Kier molecular flexibility index (Phi) is 4.01. The number of benzene rings is 2. The summed E-state index contributed by atoms with van der Waals surface area (Å²) in [7, 11) is 1.59. The number of ether oxygens (including phenoxy) is 1. The quantitative estimate of drug-likeness (QED) is 0.747. The van der Waals surface area contributed by atoms with Gasteiger partial charge in [-0.2, -0.15) is 5.26 Å². The number of nitrogens with two attached hydrogens (primary N) is 1. The average Bonchev–Trinajstić information content (AvgIpc) is 3.04. The number of aromatic nitrogens is 2. The van der Waals surface area contributed by atoms with E-state index in [1.165, 1.54) is 4.68 Å². The van der Waals surface area contributed by atoms with Crippen LogP contribution in [0, 0.1) is 17.2 Å². The van der Waals surface area contributed by atoms with Crippen LogP contribution in [-0.4, -0.2) is 22.7 Å². The third-order valence-corrected chi connectivity index (χ3v) is 4.73. The summed E-state index contributed by atoms with van der Waals surface area (Å²) in [5.74, 6) is -0.940. The molecule has 0 saturated carbocycles. The van der Waals surface area contributed by atoms with Gasteiger partial charge in [-0.3, -0.25) is 10.2 Å². The Balaban J connectivity index is 1.95. The van der Waals surface area contributed by atoms with Gasteiger partial charge in [-0.25, -0.2) is 9.66 Å². The second-order valence-corrected chi connectivity index (χ2v) is 6.24. The first kappa shape index (κ1) is 16.7. The maximum Gasteiger partial charge on any atom is 0.257 e. The van der Waals surface area contributed by atoms with E-state index in [1.54, 1.807) is 7.11 Å². The molecule has 0 fully saturated rings. The number of methoxy groups -OCH3 is 1. The smallest absolute Gasteiger partial charge is 0.257 e. The fourth-order valence-corrected chi connectivity index (χ4v) is 3.45. The summed E-state index contributed by atoms with van der Waals surface area (Å²) in [4.78, 5) is 17.0. The number of fused-ring (bicyclic) bond motifs is 1. The Bertz CT molecular complexity index is 1030. The standard InChI is InChI=1S/C20H17N5O2/c1-27-14-9-7-12(8-10-14)16-15(11-21)19(26)24-25-18(16)17(23-20(25)22)13-5-3-2-4-6-13/h2-10,15-16H,1H3,(H2,22,23)(H,24,26)/t15-,16+/m1/s1. The molecule has 3 N–H and O–H groups in total. The van der Waals surface area contributed by atoms with Crippen LogP contribution in [0.3, 0.4) is 0 Å². The van der Waals surface area contributed by atoms with Gasteiger partial charge in [-0.1, -0.05) is 42.5 Å². The van der Waals surface area contributed by atoms with E-state index in [2.05, 4.69) is 16.5 Å². The molecule has 0 spiro atoms. The van der Waals surface area contributed by atoms with Crippen LogP contribution >= 0.6 is 0 Å². The number of carbonyl (C=O) groups is 1. The molecule has 3 aromatic rings. The second-order valence-electron chi connectivity index (χ2n) is 6.24. The molecule has 27 heavy (non-hydrogen) atoms. The molecular weight excluding hydrogens is 342 g/mol. The van der Waals surface area contributed by atoms with Crippen molar-refractivity contribution in [3.63, 3.8) is 0 Å². The van der Waals surface area contributed by atoms with Crippen LogP contribution < -0.4 is 15.9 Å². The normalized spacial score (nSPS) is 18.3. The maximum absolute atomic E-state index is 12.5. The third-order valence-electron chi connectivity index (χ3n) is 4.73. The van der Waals surface area contributed by atoms with Crippen molar-refractivity contribution in [2.45, 2.75) is 5.92 Å². The largest absolute Gasteiger partial charge is 0.497 e. The van der Waals surface area contributed by atoms with Crippen LogP contribution in [0.15, 0.2) is 54.6 Å². The zero-order chi connectivity index (χ0) is 19.0. The lowest BCUT2D eigenvalue weighted by atomic mass is 9.81. The fraction of sp³-hybridized carbons (Fsp3) is 0.150. The monoisotopic (exact) mass is 359 g/mol. The third kappa shape index (κ3) is 2.68. The molecule has 2 heterocycles. The molecule has 2 atom stereocenters. The minimum absolute atomic E-state index is 0.173. The highest BCUT2D eigenvalue weighted by molar-refractivity contribution is 5.92. The van der Waals surface area contributed by atoms with Crippen LogP contribution in [0.5, 0.6) is 5.75 Å². The van der Waals surface area contributed by atoms with Gasteiger partial charge in [0.1, 0.15) is 11.7 Å². The first-order valence-electron chi connectivity index (χ1n) is 8.42. The number of hydrogen-bond donors (Lipinski definition) is 2. The van der Waals surface area contributed by atoms with Crippen LogP contribution in [0.25, 0.3) is 11.3 Å². The predicted octanol–water partition coefficient (Wildman–Crippen LogP) is 2.50. The van der Waals surface area contributed by atoms with Gasteiger partial charge in [0.25, 0.3) is 5.91 Å². The number of imidazole rings is 1. The molecule has 1 aliphatic heterocycles. The van der Waals surface area contributed by atoms with Crippen molar-refractivity contribution in [3.05, 3.63) is 65.9 Å². The lowest BCUT2D eigenvalue weighted by molar-refractivity contribution is -0.120. The highest BCUT2D eigenvalue weighted by atomic mass is 16.5. The minimum atomic E-state index is -0.899. The van der Waals surface area contributed by atoms with Crippen LogP contribution in [0.2, 0.25) is 0 Å². The van der Waals surface area contributed by atoms with E-state index in [1.807, 2.05) is 54.6 Å². The highest BCUT2D eigenvalue weighted by Crippen LogP contribution is 2.41. The SMILES string of the molecule is COc1ccc([C@@H]2c3c(-c4ccccc4)nc(N)n3NC(=O)[C@@H]2C#N)cc1. The van der Waals surface area contributed by atoms with Crippen molar-refractivity contribution in [1.29, 1.82) is 5.26 Å². The maximum atomic E-state index is 12.5. The Morgan fingerprint density at radius 3 is 2.52 bits per heavy atom. The van der Waals surface area contributed by atoms with Crippen molar-refractivity contribution >= 4 is 11.9 Å². The zero-order valence-electron chi connectivity index (χ0n) is 14.6. The van der Waals surface area contributed by atoms with Crippen molar-refractivity contribution < 1.29 is 9.53 Å². The highest BCUT2D eigenvalue weighted by Gasteiger charge is 2.41. The van der Waals surface area contributed by atoms with E-state index in [9.17, 15) is 10.1 Å². The Morgan fingerprint density at radius 1 is 1.19 bits per heavy atom. The number of nitriles is 1. The van der Waals surface area contributed by atoms with Gasteiger partial charge >= 0.3 is 0 Å². The van der Waals surface area contributed by atoms with Crippen molar-refractivity contribution in [2.24, 2.45) is 5.92 Å². The van der Waals surface area contributed by atoms with Crippen LogP contribution in [0.4, 0.5) is 5.95 Å². The summed E-state index contributed by atoms with van der Waals surface area (Å²) in [6.07, 6.45) is 0. The molecule has 0 unspecified atom stereocenters. The molecule has 7 heteroatoms. The van der Waals surface area contributed by atoms with Crippen molar-refractivity contribution in [3.8, 4) is 23.1 Å². The molecule has 7 nitrogen and oxygen atoms in total. The number of nitrogens with zero attached hydrogens (tertiary/aromatic N) is 3. The van der Waals surface area contributed by atoms with Gasteiger partial charge in [-0.05, 0) is 17.7 Å². The van der Waals surface area contributed by atoms with Gasteiger partial charge in [0.05, 0.1) is 30.5 Å². The average molecular weight is 359 g/mol. The summed E-state index contributed by atoms with van der Waals surface area (Å²) < 4.78 is 6.70. The molecule has 0 radical (unpaired) electrons. The molecule has 1 aromatic heterocycles. The lowest BCUT2D eigenvalue weighted by Crippen LogP contribution is -2.40. The molecular formula is C20H17N5O2. The molecule has 0 saturated heterocycles. The number of anilines is 1. The summed E-state index contributed by atoms with van der Waals surface area (Å²) in [6.45, 7) is 0. The van der Waals surface area contributed by atoms with Crippen LogP contribution in [0.1, 0.15) is 17.2 Å². The molecule has 2 aromatic carbocycles. The first-order chi connectivity index (χ1) is 13.1. The molecule has 1 amide bonds. The molecule has 134 valence electrons. The number of nitrogen functional groups attached to an aromatic ring is 1. The lowest BCUT2D eigenvalue weighted by Gasteiger charge is -2.29. The van der Waals surface area contributed by atoms with Crippen molar-refractivity contribution in [2.75, 3.05) is 18.3 Å². The molecule has 0 aliphatic carbocycles. The summed E-state index contributed by atoms with van der Waals surface area (Å²) in [6, 6.07) is 19.0. The summed E-state index contributed by atoms with van der Waals surface area (Å²) >= 11 is 0. The number of hydrogen-bond acceptors (Lipinski definition) is 5. The fourth-order valence-electron chi connectivity index (χ4n) is 3.45. The molecule has 1 aliphatic rings. The topological polar surface area (TPSA) is 106 Å². The zero-order valence-corrected chi connectivity index (χ0v) is 14.6. The van der Waals surface area contributed by atoms with Crippen LogP contribution in [-0.2, 0) is 4.79 Å². The van der Waals surface area contributed by atoms with Gasteiger partial charge in [0.15, 0.2) is 0 Å². The number of amides is 1.